The van der Waals surface area contributed by atoms with Crippen molar-refractivity contribution in [2.75, 3.05) is 0 Å². The molecule has 1 aromatic carbocycles. The molecule has 0 saturated heterocycles. The predicted molar refractivity (Wildman–Crippen MR) is 56.1 cm³/mol. The van der Waals surface area contributed by atoms with Crippen molar-refractivity contribution < 1.29 is 8.78 Å². The largest absolute Gasteiger partial charge is 0.309 e. The van der Waals surface area contributed by atoms with Gasteiger partial charge in [-0.15, -0.1) is 12.3 Å². The van der Waals surface area contributed by atoms with E-state index in [4.69, 9.17) is 6.42 Å². The highest BCUT2D eigenvalue weighted by molar-refractivity contribution is 5.17. The Balaban J connectivity index is 2.51. The molecule has 0 spiro atoms. The maximum absolute atomic E-state index is 12.8. The van der Waals surface area contributed by atoms with Gasteiger partial charge in [0.1, 0.15) is 0 Å². The molecule has 3 heteroatoms. The molecule has 1 N–H and O–H groups in total. The number of hydrogen-bond donors (Lipinski definition) is 1. The maximum atomic E-state index is 12.8. The van der Waals surface area contributed by atoms with Gasteiger partial charge in [0.25, 0.3) is 0 Å². The Kier molecular flexibility index (Phi) is 4.26. The van der Waals surface area contributed by atoms with E-state index >= 15 is 0 Å². The molecule has 0 aliphatic carbocycles. The zero-order chi connectivity index (χ0) is 11.3. The topological polar surface area (TPSA) is 12.0 Å². The fourth-order valence-electron chi connectivity index (χ4n) is 1.19. The van der Waals surface area contributed by atoms with Crippen LogP contribution < -0.4 is 5.32 Å². The van der Waals surface area contributed by atoms with Gasteiger partial charge in [-0.1, -0.05) is 6.07 Å². The molecule has 80 valence electrons. The second kappa shape index (κ2) is 5.47. The molecule has 0 bridgehead atoms. The summed E-state index contributed by atoms with van der Waals surface area (Å²) in [4.78, 5) is 0. The molecule has 0 radical (unpaired) electrons. The molecule has 0 aliphatic heterocycles. The minimum Gasteiger partial charge on any atom is -0.309 e. The Labute approximate surface area is 88.5 Å². The predicted octanol–water partition coefficient (Wildman–Crippen LogP) is 2.47. The van der Waals surface area contributed by atoms with Gasteiger partial charge < -0.3 is 5.32 Å². The van der Waals surface area contributed by atoms with Gasteiger partial charge in [0, 0.05) is 19.0 Å². The first kappa shape index (κ1) is 11.7. The van der Waals surface area contributed by atoms with E-state index in [1.165, 1.54) is 6.07 Å². The molecule has 0 aromatic heterocycles. The molecular weight excluding hydrogens is 196 g/mol. The van der Waals surface area contributed by atoms with Crippen molar-refractivity contribution in [1.82, 2.24) is 5.32 Å². The number of hydrogen-bond acceptors (Lipinski definition) is 1. The molecule has 1 atom stereocenters. The molecule has 0 heterocycles. The van der Waals surface area contributed by atoms with Crippen LogP contribution in [0.25, 0.3) is 0 Å². The number of nitrogens with one attached hydrogen (secondary N) is 1. The summed E-state index contributed by atoms with van der Waals surface area (Å²) in [7, 11) is 0. The highest BCUT2D eigenvalue weighted by atomic mass is 19.2. The van der Waals surface area contributed by atoms with Gasteiger partial charge in [-0.2, -0.15) is 0 Å². The van der Waals surface area contributed by atoms with Crippen LogP contribution >= 0.6 is 0 Å². The normalized spacial score (nSPS) is 12.1. The van der Waals surface area contributed by atoms with E-state index in [2.05, 4.69) is 11.2 Å². The second-order valence-corrected chi connectivity index (χ2v) is 3.44. The van der Waals surface area contributed by atoms with Crippen LogP contribution in [0.4, 0.5) is 8.78 Å². The van der Waals surface area contributed by atoms with Crippen LogP contribution in [0.3, 0.4) is 0 Å². The Hall–Kier alpha value is -1.40. The quantitative estimate of drug-likeness (QED) is 0.751. The molecule has 0 fully saturated rings. The Morgan fingerprint density at radius 3 is 2.73 bits per heavy atom. The summed E-state index contributed by atoms with van der Waals surface area (Å²) in [5.41, 5.74) is 0.706. The lowest BCUT2D eigenvalue weighted by atomic mass is 10.2. The van der Waals surface area contributed by atoms with Gasteiger partial charge in [0.05, 0.1) is 0 Å². The molecule has 0 saturated carbocycles. The lowest BCUT2D eigenvalue weighted by molar-refractivity contribution is 0.503. The molecule has 1 aromatic rings. The molecule has 0 amide bonds. The summed E-state index contributed by atoms with van der Waals surface area (Å²) in [6.07, 6.45) is 5.76. The van der Waals surface area contributed by atoms with Crippen molar-refractivity contribution in [2.24, 2.45) is 0 Å². The van der Waals surface area contributed by atoms with Gasteiger partial charge in [-0.3, -0.25) is 0 Å². The third kappa shape index (κ3) is 3.69. The van der Waals surface area contributed by atoms with Crippen LogP contribution in [0.1, 0.15) is 18.9 Å². The summed E-state index contributed by atoms with van der Waals surface area (Å²) in [5, 5.41) is 3.11. The van der Waals surface area contributed by atoms with Gasteiger partial charge >= 0.3 is 0 Å². The van der Waals surface area contributed by atoms with Crippen LogP contribution in [0, 0.1) is 24.0 Å². The summed E-state index contributed by atoms with van der Waals surface area (Å²) >= 11 is 0. The van der Waals surface area contributed by atoms with E-state index in [1.54, 1.807) is 6.07 Å². The highest BCUT2D eigenvalue weighted by Gasteiger charge is 2.03. The molecule has 1 rings (SSSR count). The lowest BCUT2D eigenvalue weighted by Crippen LogP contribution is -2.24. The first-order valence-electron chi connectivity index (χ1n) is 4.74. The Morgan fingerprint density at radius 2 is 2.13 bits per heavy atom. The third-order valence-electron chi connectivity index (χ3n) is 2.06. The average Bonchev–Trinajstić information content (AvgIpc) is 2.20. The molecule has 15 heavy (non-hydrogen) atoms. The fourth-order valence-corrected chi connectivity index (χ4v) is 1.19. The SMILES string of the molecule is C#CCC(C)NCc1ccc(F)c(F)c1. The Morgan fingerprint density at radius 1 is 1.40 bits per heavy atom. The zero-order valence-corrected chi connectivity index (χ0v) is 8.56. The summed E-state index contributed by atoms with van der Waals surface area (Å²) in [6.45, 7) is 2.43. The number of benzene rings is 1. The number of terminal acetylenes is 1. The minimum atomic E-state index is -0.824. The maximum Gasteiger partial charge on any atom is 0.159 e. The number of rotatable bonds is 4. The van der Waals surface area contributed by atoms with Crippen molar-refractivity contribution in [1.29, 1.82) is 0 Å². The first-order chi connectivity index (χ1) is 7.13. The van der Waals surface area contributed by atoms with Gasteiger partial charge in [0.2, 0.25) is 0 Å². The van der Waals surface area contributed by atoms with Crippen molar-refractivity contribution in [3.05, 3.63) is 35.4 Å². The van der Waals surface area contributed by atoms with Crippen molar-refractivity contribution in [3.63, 3.8) is 0 Å². The molecule has 1 nitrogen and oxygen atoms in total. The molecule has 0 aliphatic rings. The summed E-state index contributed by atoms with van der Waals surface area (Å²) < 4.78 is 25.4. The van der Waals surface area contributed by atoms with Crippen molar-refractivity contribution in [2.45, 2.75) is 25.9 Å². The first-order valence-corrected chi connectivity index (χ1v) is 4.74. The number of halogens is 2. The lowest BCUT2D eigenvalue weighted by Gasteiger charge is -2.10. The highest BCUT2D eigenvalue weighted by Crippen LogP contribution is 2.08. The second-order valence-electron chi connectivity index (χ2n) is 3.44. The molecule has 1 unspecified atom stereocenters. The van der Waals surface area contributed by atoms with Crippen LogP contribution in [-0.4, -0.2) is 6.04 Å². The van der Waals surface area contributed by atoms with Crippen molar-refractivity contribution in [3.8, 4) is 12.3 Å². The van der Waals surface area contributed by atoms with E-state index in [-0.39, 0.29) is 6.04 Å². The van der Waals surface area contributed by atoms with Gasteiger partial charge in [-0.25, -0.2) is 8.78 Å². The monoisotopic (exact) mass is 209 g/mol. The van der Waals surface area contributed by atoms with Crippen molar-refractivity contribution >= 4 is 0 Å². The summed E-state index contributed by atoms with van der Waals surface area (Å²) in [6, 6.07) is 4.03. The van der Waals surface area contributed by atoms with Crippen LogP contribution in [0.5, 0.6) is 0 Å². The summed E-state index contributed by atoms with van der Waals surface area (Å²) in [5.74, 6) is 0.884. The van der Waals surface area contributed by atoms with E-state index in [0.717, 1.165) is 6.07 Å². The van der Waals surface area contributed by atoms with Gasteiger partial charge in [0.15, 0.2) is 11.6 Å². The average molecular weight is 209 g/mol. The van der Waals surface area contributed by atoms with E-state index < -0.39 is 11.6 Å². The zero-order valence-electron chi connectivity index (χ0n) is 8.56. The molecular formula is C12H13F2N. The minimum absolute atomic E-state index is 0.170. The fraction of sp³-hybridized carbons (Fsp3) is 0.333. The Bertz CT molecular complexity index is 368. The van der Waals surface area contributed by atoms with Crippen LogP contribution in [-0.2, 0) is 6.54 Å². The van der Waals surface area contributed by atoms with Crippen LogP contribution in [0.2, 0.25) is 0 Å². The standard InChI is InChI=1S/C12H13F2N/c1-3-4-9(2)15-8-10-5-6-11(13)12(14)7-10/h1,5-7,9,15H,4,8H2,2H3. The van der Waals surface area contributed by atoms with E-state index in [0.29, 0.717) is 18.5 Å². The smallest absolute Gasteiger partial charge is 0.159 e. The van der Waals surface area contributed by atoms with E-state index in [1.807, 2.05) is 6.92 Å². The van der Waals surface area contributed by atoms with Gasteiger partial charge in [-0.05, 0) is 24.6 Å². The van der Waals surface area contributed by atoms with E-state index in [9.17, 15) is 8.78 Å². The third-order valence-corrected chi connectivity index (χ3v) is 2.06. The van der Waals surface area contributed by atoms with Crippen LogP contribution in [0.15, 0.2) is 18.2 Å².